The fourth-order valence-electron chi connectivity index (χ4n) is 3.00. The van der Waals surface area contributed by atoms with Crippen LogP contribution in [0.3, 0.4) is 0 Å². The molecule has 0 spiro atoms. The molecule has 0 aliphatic carbocycles. The van der Waals surface area contributed by atoms with E-state index < -0.39 is 0 Å². The van der Waals surface area contributed by atoms with Gasteiger partial charge in [0, 0.05) is 18.1 Å². The van der Waals surface area contributed by atoms with E-state index in [1.807, 2.05) is 4.90 Å². The van der Waals surface area contributed by atoms with Gasteiger partial charge >= 0.3 is 0 Å². The van der Waals surface area contributed by atoms with Gasteiger partial charge in [-0.1, -0.05) is 18.5 Å². The normalized spacial score (nSPS) is 21.4. The van der Waals surface area contributed by atoms with E-state index in [0.717, 1.165) is 25.9 Å². The molecule has 0 radical (unpaired) electrons. The van der Waals surface area contributed by atoms with Crippen LogP contribution in [0.1, 0.15) is 19.8 Å². The van der Waals surface area contributed by atoms with Gasteiger partial charge < -0.3 is 9.64 Å². The zero-order valence-electron chi connectivity index (χ0n) is 12.5. The summed E-state index contributed by atoms with van der Waals surface area (Å²) >= 11 is 6.01. The third-order valence-corrected chi connectivity index (χ3v) is 4.40. The highest BCUT2D eigenvalue weighted by atomic mass is 35.5. The molecule has 5 nitrogen and oxygen atoms in total. The number of carbonyl (C=O) groups excluding carboxylic acids is 2. The van der Waals surface area contributed by atoms with Crippen molar-refractivity contribution in [3.63, 3.8) is 0 Å². The van der Waals surface area contributed by atoms with Crippen molar-refractivity contribution in [3.05, 3.63) is 23.2 Å². The second-order valence-corrected chi connectivity index (χ2v) is 6.40. The number of anilines is 1. The number of fused-ring (bicyclic) bond motifs is 1. The number of rotatable bonds is 2. The number of amides is 2. The molecule has 118 valence electrons. The minimum absolute atomic E-state index is 0.0206. The van der Waals surface area contributed by atoms with Crippen molar-refractivity contribution >= 4 is 29.1 Å². The summed E-state index contributed by atoms with van der Waals surface area (Å²) in [7, 11) is 0. The maximum Gasteiger partial charge on any atom is 0.265 e. The van der Waals surface area contributed by atoms with E-state index in [4.69, 9.17) is 16.3 Å². The highest BCUT2D eigenvalue weighted by Crippen LogP contribution is 2.34. The molecule has 1 atom stereocenters. The summed E-state index contributed by atoms with van der Waals surface area (Å²) in [6.45, 7) is 3.68. The first-order valence-corrected chi connectivity index (χ1v) is 7.93. The Morgan fingerprint density at radius 1 is 1.45 bits per heavy atom. The van der Waals surface area contributed by atoms with Gasteiger partial charge in [-0.25, -0.2) is 0 Å². The maximum absolute atomic E-state index is 12.5. The molecule has 1 fully saturated rings. The lowest BCUT2D eigenvalue weighted by atomic mass is 10.0. The highest BCUT2D eigenvalue weighted by Gasteiger charge is 2.30. The van der Waals surface area contributed by atoms with Crippen LogP contribution < -0.4 is 9.64 Å². The standard InChI is InChI=1S/C16H19ClN2O3/c1-11-3-2-6-18(8-11)15(20)9-19-13-7-12(17)4-5-14(13)22-10-16(19)21/h4-5,7,11H,2-3,6,8-10H2,1H3/t11-/m1/s1. The van der Waals surface area contributed by atoms with Crippen molar-refractivity contribution in [1.29, 1.82) is 0 Å². The lowest BCUT2D eigenvalue weighted by Gasteiger charge is -2.34. The van der Waals surface area contributed by atoms with E-state index in [1.165, 1.54) is 4.90 Å². The molecule has 0 unspecified atom stereocenters. The number of halogens is 1. The Morgan fingerprint density at radius 3 is 3.05 bits per heavy atom. The van der Waals surface area contributed by atoms with Crippen LogP contribution >= 0.6 is 11.6 Å². The van der Waals surface area contributed by atoms with Crippen LogP contribution in [-0.4, -0.2) is 43.0 Å². The Morgan fingerprint density at radius 2 is 2.27 bits per heavy atom. The van der Waals surface area contributed by atoms with Gasteiger partial charge in [-0.15, -0.1) is 0 Å². The Kier molecular flexibility index (Phi) is 4.25. The molecular weight excluding hydrogens is 304 g/mol. The summed E-state index contributed by atoms with van der Waals surface area (Å²) in [5.41, 5.74) is 0.571. The average Bonchev–Trinajstić information content (AvgIpc) is 2.50. The van der Waals surface area contributed by atoms with Crippen LogP contribution in [0.4, 0.5) is 5.69 Å². The molecule has 22 heavy (non-hydrogen) atoms. The molecule has 6 heteroatoms. The molecule has 2 aliphatic rings. The van der Waals surface area contributed by atoms with Crippen molar-refractivity contribution in [3.8, 4) is 5.75 Å². The molecule has 0 saturated carbocycles. The lowest BCUT2D eigenvalue weighted by Crippen LogP contribution is -2.48. The first kappa shape index (κ1) is 15.2. The zero-order valence-corrected chi connectivity index (χ0v) is 13.3. The van der Waals surface area contributed by atoms with E-state index in [2.05, 4.69) is 6.92 Å². The van der Waals surface area contributed by atoms with Crippen LogP contribution in [0.5, 0.6) is 5.75 Å². The van der Waals surface area contributed by atoms with Crippen molar-refractivity contribution in [2.24, 2.45) is 5.92 Å². The van der Waals surface area contributed by atoms with Crippen molar-refractivity contribution in [2.75, 3.05) is 31.1 Å². The van der Waals surface area contributed by atoms with E-state index in [1.54, 1.807) is 18.2 Å². The second kappa shape index (κ2) is 6.16. The quantitative estimate of drug-likeness (QED) is 0.839. The fraction of sp³-hybridized carbons (Fsp3) is 0.500. The molecule has 3 rings (SSSR count). The van der Waals surface area contributed by atoms with Gasteiger partial charge in [0.25, 0.3) is 5.91 Å². The predicted molar refractivity (Wildman–Crippen MR) is 84.3 cm³/mol. The molecule has 1 saturated heterocycles. The Bertz CT molecular complexity index is 605. The van der Waals surface area contributed by atoms with Crippen molar-refractivity contribution < 1.29 is 14.3 Å². The number of hydrogen-bond donors (Lipinski definition) is 0. The van der Waals surface area contributed by atoms with Crippen molar-refractivity contribution in [1.82, 2.24) is 4.90 Å². The first-order chi connectivity index (χ1) is 10.5. The number of carbonyl (C=O) groups is 2. The summed E-state index contributed by atoms with van der Waals surface area (Å²) in [5, 5.41) is 0.515. The highest BCUT2D eigenvalue weighted by molar-refractivity contribution is 6.31. The summed E-state index contributed by atoms with van der Waals surface area (Å²) in [6.07, 6.45) is 2.17. The van der Waals surface area contributed by atoms with Crippen LogP contribution in [0.25, 0.3) is 0 Å². The number of ether oxygens (including phenoxy) is 1. The van der Waals surface area contributed by atoms with E-state index >= 15 is 0 Å². The Balaban J connectivity index is 1.78. The zero-order chi connectivity index (χ0) is 15.7. The van der Waals surface area contributed by atoms with Gasteiger partial charge in [0.15, 0.2) is 6.61 Å². The Hall–Kier alpha value is -1.75. The van der Waals surface area contributed by atoms with Gasteiger partial charge in [0.2, 0.25) is 5.91 Å². The number of piperidine rings is 1. The monoisotopic (exact) mass is 322 g/mol. The van der Waals surface area contributed by atoms with Crippen LogP contribution in [-0.2, 0) is 9.59 Å². The molecule has 1 aromatic carbocycles. The summed E-state index contributed by atoms with van der Waals surface area (Å²) in [4.78, 5) is 28.0. The van der Waals surface area contributed by atoms with Gasteiger partial charge in [-0.2, -0.15) is 0 Å². The van der Waals surface area contributed by atoms with Gasteiger partial charge in [-0.3, -0.25) is 14.5 Å². The second-order valence-electron chi connectivity index (χ2n) is 5.97. The molecule has 2 aliphatic heterocycles. The summed E-state index contributed by atoms with van der Waals surface area (Å²) in [5.74, 6) is 0.865. The molecule has 0 aromatic heterocycles. The Labute approximate surface area is 134 Å². The summed E-state index contributed by atoms with van der Waals surface area (Å²) in [6, 6.07) is 5.10. The van der Waals surface area contributed by atoms with Crippen LogP contribution in [0, 0.1) is 5.92 Å². The van der Waals surface area contributed by atoms with Crippen molar-refractivity contribution in [2.45, 2.75) is 19.8 Å². The van der Waals surface area contributed by atoms with Crippen LogP contribution in [0.15, 0.2) is 18.2 Å². The van der Waals surface area contributed by atoms with Gasteiger partial charge in [0.1, 0.15) is 12.3 Å². The minimum atomic E-state index is -0.215. The molecule has 0 bridgehead atoms. The molecule has 1 aromatic rings. The number of benzene rings is 1. The van der Waals surface area contributed by atoms with E-state index in [9.17, 15) is 9.59 Å². The fourth-order valence-corrected chi connectivity index (χ4v) is 3.17. The first-order valence-electron chi connectivity index (χ1n) is 7.55. The average molecular weight is 323 g/mol. The van der Waals surface area contributed by atoms with Crippen LogP contribution in [0.2, 0.25) is 5.02 Å². The third-order valence-electron chi connectivity index (χ3n) is 4.17. The molecular formula is C16H19ClN2O3. The van der Waals surface area contributed by atoms with E-state index in [-0.39, 0.29) is 25.0 Å². The largest absolute Gasteiger partial charge is 0.482 e. The lowest BCUT2D eigenvalue weighted by molar-refractivity contribution is -0.133. The third kappa shape index (κ3) is 3.04. The molecule has 2 heterocycles. The number of hydrogen-bond acceptors (Lipinski definition) is 3. The van der Waals surface area contributed by atoms with E-state index in [0.29, 0.717) is 22.4 Å². The predicted octanol–water partition coefficient (Wildman–Crippen LogP) is 2.32. The SMILES string of the molecule is C[C@@H]1CCCN(C(=O)CN2C(=O)COc3ccc(Cl)cc32)C1. The smallest absolute Gasteiger partial charge is 0.265 e. The number of likely N-dealkylation sites (tertiary alicyclic amines) is 1. The maximum atomic E-state index is 12.5. The van der Waals surface area contributed by atoms with Gasteiger partial charge in [0.05, 0.1) is 5.69 Å². The molecule has 0 N–H and O–H groups in total. The topological polar surface area (TPSA) is 49.9 Å². The molecule has 2 amide bonds. The minimum Gasteiger partial charge on any atom is -0.482 e. The number of nitrogens with zero attached hydrogens (tertiary/aromatic N) is 2. The van der Waals surface area contributed by atoms with Gasteiger partial charge in [-0.05, 0) is 37.0 Å². The summed E-state index contributed by atoms with van der Waals surface area (Å²) < 4.78 is 5.39.